The van der Waals surface area contributed by atoms with E-state index in [4.69, 9.17) is 4.42 Å². The first-order valence-corrected chi connectivity index (χ1v) is 24.8. The fourth-order valence-corrected chi connectivity index (χ4v) is 14.0. The third kappa shape index (κ3) is 5.42. The van der Waals surface area contributed by atoms with Gasteiger partial charge in [0, 0.05) is 48.3 Å². The summed E-state index contributed by atoms with van der Waals surface area (Å²) >= 11 is 2.02. The van der Waals surface area contributed by atoms with E-state index >= 15 is 0 Å². The first-order chi connectivity index (χ1) is 31.0. The van der Waals surface area contributed by atoms with Gasteiger partial charge >= 0.3 is 6.85 Å². The molecule has 13 rings (SSSR count). The zero-order valence-electron chi connectivity index (χ0n) is 39.6. The van der Waals surface area contributed by atoms with Crippen molar-refractivity contribution >= 4 is 99.7 Å². The SMILES string of the molecule is Cc1cc2c3c(c1)N(c1cc4c(cc1C)C(C)(C)CCC4(C)C)c1c(sc4cc5c(cc14)C(C)(C)CCC5(C)C)B3N(c1cccc3c1oc1ccccc13)c1cc3ccccc3cc1-2. The molecule has 0 bridgehead atoms. The van der Waals surface area contributed by atoms with Crippen LogP contribution in [-0.2, 0) is 21.7 Å². The third-order valence-electron chi connectivity index (χ3n) is 16.7. The molecule has 5 heteroatoms. The van der Waals surface area contributed by atoms with Gasteiger partial charge in [0.25, 0.3) is 0 Å². The molecule has 0 atom stereocenters. The van der Waals surface area contributed by atoms with Crippen LogP contribution >= 0.6 is 11.3 Å². The van der Waals surface area contributed by atoms with Gasteiger partial charge in [0.1, 0.15) is 5.58 Å². The molecule has 7 aromatic carbocycles. The van der Waals surface area contributed by atoms with Crippen molar-refractivity contribution in [1.82, 2.24) is 0 Å². The van der Waals surface area contributed by atoms with Gasteiger partial charge in [-0.2, -0.15) is 0 Å². The zero-order valence-corrected chi connectivity index (χ0v) is 40.4. The summed E-state index contributed by atoms with van der Waals surface area (Å²) in [6.07, 6.45) is 4.74. The quantitative estimate of drug-likeness (QED) is 0.161. The van der Waals surface area contributed by atoms with Gasteiger partial charge in [0.15, 0.2) is 5.58 Å². The van der Waals surface area contributed by atoms with Gasteiger partial charge in [-0.25, -0.2) is 0 Å². The Morgan fingerprint density at radius 1 is 0.523 bits per heavy atom. The van der Waals surface area contributed by atoms with E-state index < -0.39 is 0 Å². The Balaban J connectivity index is 1.20. The maximum atomic E-state index is 6.99. The van der Waals surface area contributed by atoms with E-state index in [-0.39, 0.29) is 28.5 Å². The first kappa shape index (κ1) is 39.6. The number of rotatable bonds is 2. The van der Waals surface area contributed by atoms with Gasteiger partial charge in [-0.1, -0.05) is 122 Å². The third-order valence-corrected chi connectivity index (χ3v) is 17.9. The van der Waals surface area contributed by atoms with E-state index in [0.29, 0.717) is 0 Å². The molecule has 322 valence electrons. The standard InChI is InChI=1S/C60H57BN2OS/c1-34-26-41-40-29-36-16-11-12-17-37(36)30-49(40)63(47-20-15-19-39-38-18-13-14-21-51(38)64-55(39)47)61-53(41)50(27-34)62(48-32-45-43(28-35(48)2)57(3,4)22-24-59(45,7)8)54-42-31-44-46(33-52(42)65-56(54)61)60(9,10)25-23-58(44,5)6/h11-21,26-33H,22-25H2,1-10H3. The van der Waals surface area contributed by atoms with Gasteiger partial charge in [0.2, 0.25) is 0 Å². The highest BCUT2D eigenvalue weighted by Crippen LogP contribution is 2.56. The van der Waals surface area contributed by atoms with Crippen LogP contribution < -0.4 is 20.0 Å². The summed E-state index contributed by atoms with van der Waals surface area (Å²) in [4.78, 5) is 5.42. The minimum atomic E-state index is -0.108. The van der Waals surface area contributed by atoms with Crippen LogP contribution in [0.4, 0.5) is 28.4 Å². The first-order valence-electron chi connectivity index (χ1n) is 24.0. The number of furan rings is 1. The summed E-state index contributed by atoms with van der Waals surface area (Å²) < 4.78 is 9.76. The summed E-state index contributed by atoms with van der Waals surface area (Å²) in [5.41, 5.74) is 21.0. The summed E-state index contributed by atoms with van der Waals surface area (Å²) in [6.45, 7) is 24.3. The van der Waals surface area contributed by atoms with Gasteiger partial charge < -0.3 is 14.1 Å². The number of nitrogens with zero attached hydrogens (tertiary/aromatic N) is 2. The highest BCUT2D eigenvalue weighted by molar-refractivity contribution is 7.32. The van der Waals surface area contributed by atoms with Crippen molar-refractivity contribution < 1.29 is 4.42 Å². The van der Waals surface area contributed by atoms with E-state index in [2.05, 4.69) is 194 Å². The Morgan fingerprint density at radius 3 is 1.86 bits per heavy atom. The van der Waals surface area contributed by atoms with Gasteiger partial charge in [-0.05, 0) is 165 Å². The molecule has 2 aromatic heterocycles. The average Bonchev–Trinajstić information content (AvgIpc) is 3.85. The van der Waals surface area contributed by atoms with E-state index in [9.17, 15) is 0 Å². The van der Waals surface area contributed by atoms with Crippen LogP contribution in [0.3, 0.4) is 0 Å². The van der Waals surface area contributed by atoms with Crippen molar-refractivity contribution in [3.63, 3.8) is 0 Å². The molecular formula is C60H57BN2OS. The highest BCUT2D eigenvalue weighted by Gasteiger charge is 2.49. The Labute approximate surface area is 388 Å². The van der Waals surface area contributed by atoms with E-state index in [1.165, 1.54) is 124 Å². The average molecular weight is 865 g/mol. The van der Waals surface area contributed by atoms with Crippen LogP contribution in [0.1, 0.15) is 114 Å². The van der Waals surface area contributed by atoms with Crippen molar-refractivity contribution in [3.8, 4) is 11.1 Å². The molecule has 0 radical (unpaired) electrons. The Bertz CT molecular complexity index is 3560. The zero-order chi connectivity index (χ0) is 44.7. The Morgan fingerprint density at radius 2 is 1.14 bits per heavy atom. The van der Waals surface area contributed by atoms with Crippen LogP contribution in [-0.4, -0.2) is 6.85 Å². The van der Waals surface area contributed by atoms with Gasteiger partial charge in [0.05, 0.1) is 11.4 Å². The van der Waals surface area contributed by atoms with Gasteiger partial charge in [-0.3, -0.25) is 0 Å². The maximum absolute atomic E-state index is 6.99. The number of anilines is 5. The van der Waals surface area contributed by atoms with E-state index in [1.54, 1.807) is 0 Å². The van der Waals surface area contributed by atoms with E-state index in [0.717, 1.165) is 27.6 Å². The number of fused-ring (bicyclic) bond motifs is 12. The fraction of sp³-hybridized carbons (Fsp3) is 0.300. The lowest BCUT2D eigenvalue weighted by molar-refractivity contribution is 0.332. The molecule has 65 heavy (non-hydrogen) atoms. The summed E-state index contributed by atoms with van der Waals surface area (Å²) in [5, 5.41) is 6.16. The molecule has 2 aliphatic heterocycles. The van der Waals surface area contributed by atoms with Gasteiger partial charge in [-0.15, -0.1) is 11.3 Å². The van der Waals surface area contributed by atoms with Crippen molar-refractivity contribution in [2.45, 2.75) is 117 Å². The largest absolute Gasteiger partial charge is 0.454 e. The number of para-hydroxylation sites is 2. The predicted octanol–water partition coefficient (Wildman–Crippen LogP) is 16.0. The number of hydrogen-bond donors (Lipinski definition) is 0. The minimum absolute atomic E-state index is 0.0634. The Hall–Kier alpha value is -5.78. The number of benzene rings is 7. The highest BCUT2D eigenvalue weighted by atomic mass is 32.1. The van der Waals surface area contributed by atoms with Crippen molar-refractivity contribution in [1.29, 1.82) is 0 Å². The molecule has 0 fully saturated rings. The monoisotopic (exact) mass is 864 g/mol. The van der Waals surface area contributed by atoms with Crippen LogP contribution in [0.15, 0.2) is 120 Å². The smallest absolute Gasteiger partial charge is 0.343 e. The molecule has 0 saturated carbocycles. The number of hydrogen-bond acceptors (Lipinski definition) is 4. The molecule has 2 aliphatic carbocycles. The molecular weight excluding hydrogens is 808 g/mol. The molecule has 0 saturated heterocycles. The second-order valence-corrected chi connectivity index (χ2v) is 23.8. The van der Waals surface area contributed by atoms with Crippen molar-refractivity contribution in [2.24, 2.45) is 0 Å². The Kier molecular flexibility index (Phi) is 7.90. The summed E-state index contributed by atoms with van der Waals surface area (Å²) in [6, 6.07) is 44.6. The molecule has 9 aromatic rings. The van der Waals surface area contributed by atoms with Crippen molar-refractivity contribution in [3.05, 3.63) is 149 Å². The maximum Gasteiger partial charge on any atom is 0.343 e. The second kappa shape index (κ2) is 13.0. The normalized spacial score (nSPS) is 18.5. The van der Waals surface area contributed by atoms with Crippen LogP contribution in [0.5, 0.6) is 0 Å². The molecule has 0 amide bonds. The molecule has 4 heterocycles. The topological polar surface area (TPSA) is 19.6 Å². The van der Waals surface area contributed by atoms with Crippen LogP contribution in [0.25, 0.3) is 53.9 Å². The lowest BCUT2D eigenvalue weighted by Gasteiger charge is -2.46. The molecule has 4 aliphatic rings. The fourth-order valence-electron chi connectivity index (χ4n) is 12.7. The minimum Gasteiger partial charge on any atom is -0.454 e. The summed E-state index contributed by atoms with van der Waals surface area (Å²) in [7, 11) is 0. The van der Waals surface area contributed by atoms with Crippen molar-refractivity contribution in [2.75, 3.05) is 9.71 Å². The second-order valence-electron chi connectivity index (χ2n) is 22.8. The number of thiophene rings is 1. The molecule has 0 spiro atoms. The lowest BCUT2D eigenvalue weighted by atomic mass is 9.46. The number of aryl methyl sites for hydroxylation is 2. The predicted molar refractivity (Wildman–Crippen MR) is 280 cm³/mol. The lowest BCUT2D eigenvalue weighted by Crippen LogP contribution is -2.60. The van der Waals surface area contributed by atoms with E-state index in [1.807, 2.05) is 11.3 Å². The van der Waals surface area contributed by atoms with Crippen LogP contribution in [0, 0.1) is 13.8 Å². The molecule has 3 nitrogen and oxygen atoms in total. The molecule has 0 N–H and O–H groups in total. The molecule has 0 unspecified atom stereocenters. The summed E-state index contributed by atoms with van der Waals surface area (Å²) in [5.74, 6) is 0. The van der Waals surface area contributed by atoms with Crippen LogP contribution in [0.2, 0.25) is 0 Å².